The molecule has 0 amide bonds. The molecule has 1 aromatic carbocycles. The highest BCUT2D eigenvalue weighted by atomic mass is 127. The summed E-state index contributed by atoms with van der Waals surface area (Å²) in [6, 6.07) is 13.4. The van der Waals surface area contributed by atoms with Gasteiger partial charge < -0.3 is 10.6 Å². The number of nitrogens with zero attached hydrogens (tertiary/aromatic N) is 2. The molecular weight excluding hydrogens is 467 g/mol. The summed E-state index contributed by atoms with van der Waals surface area (Å²) in [5.41, 5.74) is 2.74. The van der Waals surface area contributed by atoms with E-state index in [2.05, 4.69) is 71.2 Å². The number of guanidine groups is 1. The van der Waals surface area contributed by atoms with E-state index >= 15 is 0 Å². The van der Waals surface area contributed by atoms with Gasteiger partial charge in [0.05, 0.1) is 6.54 Å². The van der Waals surface area contributed by atoms with E-state index in [1.807, 2.05) is 0 Å². The predicted molar refractivity (Wildman–Crippen MR) is 127 cm³/mol. The Kier molecular flexibility index (Phi) is 9.58. The van der Waals surface area contributed by atoms with Crippen molar-refractivity contribution in [2.45, 2.75) is 45.8 Å². The lowest BCUT2D eigenvalue weighted by Crippen LogP contribution is -2.48. The van der Waals surface area contributed by atoms with Crippen molar-refractivity contribution < 1.29 is 0 Å². The number of nitrogens with one attached hydrogen (secondary N) is 2. The van der Waals surface area contributed by atoms with Crippen molar-refractivity contribution in [2.24, 2.45) is 4.99 Å². The van der Waals surface area contributed by atoms with Crippen LogP contribution in [0.15, 0.2) is 46.8 Å². The van der Waals surface area contributed by atoms with Gasteiger partial charge in [0.1, 0.15) is 0 Å². The zero-order valence-electron chi connectivity index (χ0n) is 16.3. The Hall–Kier alpha value is -1.12. The van der Waals surface area contributed by atoms with Gasteiger partial charge in [0.2, 0.25) is 0 Å². The largest absolute Gasteiger partial charge is 0.357 e. The summed E-state index contributed by atoms with van der Waals surface area (Å²) in [7, 11) is 0. The highest BCUT2D eigenvalue weighted by Crippen LogP contribution is 2.17. The first-order valence-corrected chi connectivity index (χ1v) is 10.5. The summed E-state index contributed by atoms with van der Waals surface area (Å²) in [5, 5.41) is 9.17. The lowest BCUT2D eigenvalue weighted by Gasteiger charge is -2.33. The molecule has 0 unspecified atom stereocenters. The molecule has 1 aliphatic heterocycles. The molecule has 2 heterocycles. The standard InChI is InChI=1S/C21H30N4S.HI/c1-3-22-21(23-15-20-17(2)11-14-26-20)24-19-9-12-25(13-10-19)16-18-7-5-4-6-8-18;/h4-8,11,14,19H,3,9-10,12-13,15-16H2,1-2H3,(H2,22,23,24);1H. The van der Waals surface area contributed by atoms with E-state index in [1.165, 1.54) is 16.0 Å². The number of likely N-dealkylation sites (tertiary alicyclic amines) is 1. The van der Waals surface area contributed by atoms with Crippen LogP contribution < -0.4 is 10.6 Å². The van der Waals surface area contributed by atoms with Crippen molar-refractivity contribution in [1.29, 1.82) is 0 Å². The van der Waals surface area contributed by atoms with E-state index in [0.717, 1.165) is 51.5 Å². The van der Waals surface area contributed by atoms with Crippen LogP contribution in [0.3, 0.4) is 0 Å². The number of hydrogen-bond donors (Lipinski definition) is 2. The van der Waals surface area contributed by atoms with Crippen molar-refractivity contribution >= 4 is 41.3 Å². The van der Waals surface area contributed by atoms with Gasteiger partial charge in [0.25, 0.3) is 0 Å². The Labute approximate surface area is 184 Å². The summed E-state index contributed by atoms with van der Waals surface area (Å²) in [5.74, 6) is 0.946. The van der Waals surface area contributed by atoms with Crippen LogP contribution in [0.4, 0.5) is 0 Å². The molecule has 0 bridgehead atoms. The van der Waals surface area contributed by atoms with Crippen LogP contribution >= 0.6 is 35.3 Å². The molecule has 0 radical (unpaired) electrons. The second-order valence-corrected chi connectivity index (χ2v) is 7.90. The van der Waals surface area contributed by atoms with Crippen LogP contribution in [0.2, 0.25) is 0 Å². The van der Waals surface area contributed by atoms with E-state index in [1.54, 1.807) is 11.3 Å². The van der Waals surface area contributed by atoms with E-state index in [0.29, 0.717) is 6.04 Å². The molecule has 0 aliphatic carbocycles. The summed E-state index contributed by atoms with van der Waals surface area (Å²) in [6.45, 7) is 9.25. The van der Waals surface area contributed by atoms with Crippen LogP contribution in [0.25, 0.3) is 0 Å². The van der Waals surface area contributed by atoms with Crippen LogP contribution in [0.1, 0.15) is 35.8 Å². The van der Waals surface area contributed by atoms with Gasteiger partial charge >= 0.3 is 0 Å². The second-order valence-electron chi connectivity index (χ2n) is 6.90. The lowest BCUT2D eigenvalue weighted by molar-refractivity contribution is 0.198. The zero-order chi connectivity index (χ0) is 18.2. The van der Waals surface area contributed by atoms with Gasteiger partial charge in [-0.1, -0.05) is 30.3 Å². The lowest BCUT2D eigenvalue weighted by atomic mass is 10.0. The first kappa shape index (κ1) is 22.2. The number of aryl methyl sites for hydroxylation is 1. The number of piperidine rings is 1. The Morgan fingerprint density at radius 1 is 1.19 bits per heavy atom. The second kappa shape index (κ2) is 11.7. The zero-order valence-corrected chi connectivity index (χ0v) is 19.4. The van der Waals surface area contributed by atoms with Crippen molar-refractivity contribution in [3.8, 4) is 0 Å². The normalized spacial score (nSPS) is 16.0. The van der Waals surface area contributed by atoms with Crippen LogP contribution in [-0.4, -0.2) is 36.5 Å². The maximum Gasteiger partial charge on any atom is 0.191 e. The first-order valence-electron chi connectivity index (χ1n) is 9.58. The Morgan fingerprint density at radius 2 is 1.93 bits per heavy atom. The molecule has 1 aromatic heterocycles. The van der Waals surface area contributed by atoms with Crippen molar-refractivity contribution in [2.75, 3.05) is 19.6 Å². The van der Waals surface area contributed by atoms with Crippen molar-refractivity contribution in [3.63, 3.8) is 0 Å². The fourth-order valence-electron chi connectivity index (χ4n) is 3.31. The summed E-state index contributed by atoms with van der Waals surface area (Å²) in [6.07, 6.45) is 2.32. The molecule has 0 atom stereocenters. The molecule has 4 nitrogen and oxygen atoms in total. The molecule has 2 N–H and O–H groups in total. The third-order valence-corrected chi connectivity index (χ3v) is 5.88. The molecule has 2 aromatic rings. The molecule has 0 spiro atoms. The highest BCUT2D eigenvalue weighted by molar-refractivity contribution is 14.0. The monoisotopic (exact) mass is 498 g/mol. The van der Waals surface area contributed by atoms with Crippen molar-refractivity contribution in [1.82, 2.24) is 15.5 Å². The smallest absolute Gasteiger partial charge is 0.191 e. The maximum absolute atomic E-state index is 4.79. The fraction of sp³-hybridized carbons (Fsp3) is 0.476. The predicted octanol–water partition coefficient (Wildman–Crippen LogP) is 4.39. The minimum Gasteiger partial charge on any atom is -0.357 e. The van der Waals surface area contributed by atoms with E-state index in [-0.39, 0.29) is 24.0 Å². The van der Waals surface area contributed by atoms with Gasteiger partial charge in [-0.2, -0.15) is 0 Å². The number of thiophene rings is 1. The number of halogens is 1. The van der Waals surface area contributed by atoms with Crippen LogP contribution in [0, 0.1) is 6.92 Å². The Bertz CT molecular complexity index is 693. The van der Waals surface area contributed by atoms with Crippen LogP contribution in [0.5, 0.6) is 0 Å². The molecule has 6 heteroatoms. The van der Waals surface area contributed by atoms with Crippen molar-refractivity contribution in [3.05, 3.63) is 57.8 Å². The topological polar surface area (TPSA) is 39.7 Å². The van der Waals surface area contributed by atoms with Gasteiger partial charge in [-0.25, -0.2) is 4.99 Å². The van der Waals surface area contributed by atoms with E-state index in [4.69, 9.17) is 4.99 Å². The summed E-state index contributed by atoms with van der Waals surface area (Å²) >= 11 is 1.79. The molecule has 1 fully saturated rings. The number of hydrogen-bond acceptors (Lipinski definition) is 3. The molecule has 3 rings (SSSR count). The minimum absolute atomic E-state index is 0. The molecular formula is C21H31IN4S. The molecule has 0 saturated carbocycles. The summed E-state index contributed by atoms with van der Waals surface area (Å²) in [4.78, 5) is 8.68. The van der Waals surface area contributed by atoms with Gasteiger partial charge in [-0.15, -0.1) is 35.3 Å². The van der Waals surface area contributed by atoms with Gasteiger partial charge in [0.15, 0.2) is 5.96 Å². The van der Waals surface area contributed by atoms with Gasteiger partial charge in [-0.05, 0) is 49.3 Å². The molecule has 1 saturated heterocycles. The highest BCUT2D eigenvalue weighted by Gasteiger charge is 2.20. The maximum atomic E-state index is 4.79. The number of aliphatic imine (C=N–C) groups is 1. The minimum atomic E-state index is 0. The Balaban J connectivity index is 0.00000261. The average Bonchev–Trinajstić information content (AvgIpc) is 3.07. The quantitative estimate of drug-likeness (QED) is 0.353. The van der Waals surface area contributed by atoms with Crippen LogP contribution in [-0.2, 0) is 13.1 Å². The van der Waals surface area contributed by atoms with E-state index in [9.17, 15) is 0 Å². The molecule has 27 heavy (non-hydrogen) atoms. The number of rotatable bonds is 6. The number of benzene rings is 1. The van der Waals surface area contributed by atoms with E-state index < -0.39 is 0 Å². The molecule has 148 valence electrons. The Morgan fingerprint density at radius 3 is 2.56 bits per heavy atom. The third kappa shape index (κ3) is 7.08. The van der Waals surface area contributed by atoms with Gasteiger partial charge in [0, 0.05) is 37.1 Å². The third-order valence-electron chi connectivity index (χ3n) is 4.87. The first-order chi connectivity index (χ1) is 12.7. The SMILES string of the molecule is CCNC(=NCc1sccc1C)NC1CCN(Cc2ccccc2)CC1.I. The molecule has 1 aliphatic rings. The average molecular weight is 498 g/mol. The fourth-order valence-corrected chi connectivity index (χ4v) is 4.14. The van der Waals surface area contributed by atoms with Gasteiger partial charge in [-0.3, -0.25) is 4.90 Å². The summed E-state index contributed by atoms with van der Waals surface area (Å²) < 4.78 is 0.